The van der Waals surface area contributed by atoms with Crippen LogP contribution in [-0.4, -0.2) is 42.7 Å². The molecule has 0 bridgehead atoms. The molecule has 1 aliphatic carbocycles. The maximum absolute atomic E-state index is 11.7. The van der Waals surface area contributed by atoms with Gasteiger partial charge in [-0.1, -0.05) is 66.4 Å². The van der Waals surface area contributed by atoms with Gasteiger partial charge in [0, 0.05) is 38.6 Å². The van der Waals surface area contributed by atoms with Gasteiger partial charge < -0.3 is 10.0 Å². The number of nitrogens with zero attached hydrogens (tertiary/aromatic N) is 2. The Morgan fingerprint density at radius 2 is 1.82 bits per heavy atom. The highest BCUT2D eigenvalue weighted by Crippen LogP contribution is 2.42. The molecule has 2 fully saturated rings. The summed E-state index contributed by atoms with van der Waals surface area (Å²) in [6.07, 6.45) is 4.31. The van der Waals surface area contributed by atoms with Crippen molar-refractivity contribution in [1.82, 2.24) is 4.90 Å². The molecule has 2 aromatic carbocycles. The van der Waals surface area contributed by atoms with Crippen molar-refractivity contribution in [2.75, 3.05) is 37.6 Å². The topological polar surface area (TPSA) is 26.7 Å². The van der Waals surface area contributed by atoms with Crippen molar-refractivity contribution >= 4 is 17.3 Å². The summed E-state index contributed by atoms with van der Waals surface area (Å²) in [6.45, 7) is 7.09. The predicted molar refractivity (Wildman–Crippen MR) is 117 cm³/mol. The summed E-state index contributed by atoms with van der Waals surface area (Å²) < 4.78 is 0. The maximum Gasteiger partial charge on any atom is 0.0936 e. The highest BCUT2D eigenvalue weighted by molar-refractivity contribution is 6.33. The number of hydrogen-bond donors (Lipinski definition) is 1. The minimum Gasteiger partial charge on any atom is -0.385 e. The summed E-state index contributed by atoms with van der Waals surface area (Å²) in [4.78, 5) is 4.91. The first-order valence-electron chi connectivity index (χ1n) is 10.6. The molecule has 0 spiro atoms. The average Bonchev–Trinajstić information content (AvgIpc) is 2.71. The molecule has 1 aliphatic heterocycles. The summed E-state index contributed by atoms with van der Waals surface area (Å²) in [5, 5.41) is 12.5. The molecule has 4 heteroatoms. The van der Waals surface area contributed by atoms with Crippen LogP contribution < -0.4 is 4.90 Å². The largest absolute Gasteiger partial charge is 0.385 e. The van der Waals surface area contributed by atoms with Crippen LogP contribution in [0.2, 0.25) is 5.02 Å². The molecule has 28 heavy (non-hydrogen) atoms. The fraction of sp³-hybridized carbons (Fsp3) is 0.500. The lowest BCUT2D eigenvalue weighted by Gasteiger charge is -2.45. The molecule has 3 nitrogen and oxygen atoms in total. The van der Waals surface area contributed by atoms with Gasteiger partial charge in [-0.25, -0.2) is 0 Å². The molecule has 4 rings (SSSR count). The van der Waals surface area contributed by atoms with Crippen molar-refractivity contribution in [2.45, 2.75) is 38.2 Å². The van der Waals surface area contributed by atoms with Gasteiger partial charge in [0.05, 0.1) is 16.3 Å². The number of anilines is 1. The van der Waals surface area contributed by atoms with E-state index in [1.165, 1.54) is 12.0 Å². The van der Waals surface area contributed by atoms with Crippen LogP contribution in [0.25, 0.3) is 0 Å². The summed E-state index contributed by atoms with van der Waals surface area (Å²) >= 11 is 6.38. The smallest absolute Gasteiger partial charge is 0.0936 e. The van der Waals surface area contributed by atoms with E-state index in [4.69, 9.17) is 11.6 Å². The van der Waals surface area contributed by atoms with Gasteiger partial charge >= 0.3 is 0 Å². The van der Waals surface area contributed by atoms with Crippen molar-refractivity contribution < 1.29 is 5.11 Å². The second-order valence-electron chi connectivity index (χ2n) is 8.48. The van der Waals surface area contributed by atoms with Gasteiger partial charge in [-0.15, -0.1) is 0 Å². The van der Waals surface area contributed by atoms with E-state index in [0.717, 1.165) is 68.3 Å². The first kappa shape index (κ1) is 19.8. The molecule has 1 saturated heterocycles. The molecule has 0 radical (unpaired) electrons. The van der Waals surface area contributed by atoms with E-state index >= 15 is 0 Å². The van der Waals surface area contributed by atoms with E-state index < -0.39 is 5.60 Å². The van der Waals surface area contributed by atoms with Crippen molar-refractivity contribution in [3.05, 3.63) is 64.7 Å². The molecule has 0 amide bonds. The molecule has 1 N–H and O–H groups in total. The number of rotatable bonds is 4. The number of para-hydroxylation sites is 1. The lowest BCUT2D eigenvalue weighted by atomic mass is 9.71. The van der Waals surface area contributed by atoms with Gasteiger partial charge in [-0.2, -0.15) is 0 Å². The third kappa shape index (κ3) is 4.07. The number of benzene rings is 2. The zero-order valence-electron chi connectivity index (χ0n) is 16.8. The molecule has 1 saturated carbocycles. The van der Waals surface area contributed by atoms with Crippen LogP contribution in [0.1, 0.15) is 36.8 Å². The lowest BCUT2D eigenvalue weighted by molar-refractivity contribution is -0.0660. The van der Waals surface area contributed by atoms with E-state index in [2.05, 4.69) is 53.1 Å². The number of hydrogen-bond acceptors (Lipinski definition) is 3. The molecule has 2 aliphatic rings. The van der Waals surface area contributed by atoms with Crippen molar-refractivity contribution in [3.63, 3.8) is 0 Å². The molecule has 0 aromatic heterocycles. The van der Waals surface area contributed by atoms with Crippen molar-refractivity contribution in [1.29, 1.82) is 0 Å². The Morgan fingerprint density at radius 1 is 1.04 bits per heavy atom. The zero-order chi connectivity index (χ0) is 19.6. The van der Waals surface area contributed by atoms with Crippen LogP contribution in [0.5, 0.6) is 0 Å². The Balaban J connectivity index is 1.43. The van der Waals surface area contributed by atoms with Crippen LogP contribution in [0.15, 0.2) is 48.5 Å². The van der Waals surface area contributed by atoms with Gasteiger partial charge in [0.2, 0.25) is 0 Å². The zero-order valence-corrected chi connectivity index (χ0v) is 17.5. The van der Waals surface area contributed by atoms with Crippen molar-refractivity contribution in [2.24, 2.45) is 5.92 Å². The standard InChI is InChI=1S/C24H31ClN2O/c1-19-7-6-9-20(17-19)24(28)12-5-4-8-21(24)18-26-13-15-27(16-14-26)23-11-3-2-10-22(23)25/h2-3,6-7,9-11,17,21,28H,4-5,8,12-16,18H2,1H3. The fourth-order valence-electron chi connectivity index (χ4n) is 4.96. The molecule has 2 unspecified atom stereocenters. The first-order valence-corrected chi connectivity index (χ1v) is 11.0. The van der Waals surface area contributed by atoms with Gasteiger partial charge in [0.25, 0.3) is 0 Å². The Bertz CT molecular complexity index is 803. The van der Waals surface area contributed by atoms with E-state index in [1.54, 1.807) is 0 Å². The normalized spacial score (nSPS) is 26.4. The number of aryl methyl sites for hydroxylation is 1. The van der Waals surface area contributed by atoms with Crippen LogP contribution >= 0.6 is 11.6 Å². The minimum atomic E-state index is -0.690. The Morgan fingerprint density at radius 3 is 2.57 bits per heavy atom. The molecule has 2 atom stereocenters. The van der Waals surface area contributed by atoms with E-state index in [0.29, 0.717) is 5.92 Å². The van der Waals surface area contributed by atoms with Gasteiger partial charge in [0.15, 0.2) is 0 Å². The summed E-state index contributed by atoms with van der Waals surface area (Å²) in [6, 6.07) is 16.6. The quantitative estimate of drug-likeness (QED) is 0.797. The number of piperazine rings is 1. The second kappa shape index (κ2) is 8.44. The Labute approximate surface area is 173 Å². The average molecular weight is 399 g/mol. The summed E-state index contributed by atoms with van der Waals surface area (Å²) in [7, 11) is 0. The van der Waals surface area contributed by atoms with E-state index in [9.17, 15) is 5.11 Å². The molecule has 150 valence electrons. The van der Waals surface area contributed by atoms with Crippen LogP contribution in [0.4, 0.5) is 5.69 Å². The fourth-order valence-corrected chi connectivity index (χ4v) is 5.21. The van der Waals surface area contributed by atoms with Gasteiger partial charge in [0.1, 0.15) is 0 Å². The van der Waals surface area contributed by atoms with Crippen LogP contribution in [-0.2, 0) is 5.60 Å². The van der Waals surface area contributed by atoms with Crippen molar-refractivity contribution in [3.8, 4) is 0 Å². The minimum absolute atomic E-state index is 0.301. The molecule has 1 heterocycles. The highest BCUT2D eigenvalue weighted by Gasteiger charge is 2.41. The number of aliphatic hydroxyl groups is 1. The van der Waals surface area contributed by atoms with Gasteiger partial charge in [-0.05, 0) is 37.5 Å². The molecular formula is C24H31ClN2O. The SMILES string of the molecule is Cc1cccc(C2(O)CCCCC2CN2CCN(c3ccccc3Cl)CC2)c1. The lowest BCUT2D eigenvalue weighted by Crippen LogP contribution is -2.51. The monoisotopic (exact) mass is 398 g/mol. The first-order chi connectivity index (χ1) is 13.6. The Hall–Kier alpha value is -1.55. The molecule has 2 aromatic rings. The van der Waals surface area contributed by atoms with E-state index in [-0.39, 0.29) is 0 Å². The highest BCUT2D eigenvalue weighted by atomic mass is 35.5. The summed E-state index contributed by atoms with van der Waals surface area (Å²) in [5.41, 5.74) is 2.78. The molecular weight excluding hydrogens is 368 g/mol. The predicted octanol–water partition coefficient (Wildman–Crippen LogP) is 4.85. The third-order valence-electron chi connectivity index (χ3n) is 6.60. The number of halogens is 1. The van der Waals surface area contributed by atoms with Gasteiger partial charge in [-0.3, -0.25) is 4.90 Å². The third-order valence-corrected chi connectivity index (χ3v) is 6.92. The second-order valence-corrected chi connectivity index (χ2v) is 8.88. The van der Waals surface area contributed by atoms with Crippen LogP contribution in [0.3, 0.4) is 0 Å². The Kier molecular flexibility index (Phi) is 5.96. The van der Waals surface area contributed by atoms with E-state index in [1.807, 2.05) is 12.1 Å². The van der Waals surface area contributed by atoms with Crippen LogP contribution in [0, 0.1) is 12.8 Å². The summed E-state index contributed by atoms with van der Waals surface area (Å²) in [5.74, 6) is 0.301. The maximum atomic E-state index is 11.7.